The standard InChI is InChI=1S/Na.H2O4Si.H/c;1-4-5(2)3;/h;1-2H;/q+1;;-1. The van der Waals surface area contributed by atoms with Crippen LogP contribution in [0.15, 0.2) is 0 Å². The van der Waals surface area contributed by atoms with Gasteiger partial charge in [0.2, 0.25) is 0 Å². The van der Waals surface area contributed by atoms with Crippen molar-refractivity contribution in [2.75, 3.05) is 0 Å². The summed E-state index contributed by atoms with van der Waals surface area (Å²) in [6, 6.07) is 0. The van der Waals surface area contributed by atoms with Gasteiger partial charge in [-0.15, -0.1) is 0 Å². The topological polar surface area (TPSA) is 66.8 Å². The van der Waals surface area contributed by atoms with E-state index in [1.165, 1.54) is 0 Å². The Morgan fingerprint density at radius 3 is 2.00 bits per heavy atom. The average Bonchev–Trinajstić information content (AvgIpc) is 1.38. The molecule has 0 unspecified atom stereocenters. The van der Waals surface area contributed by atoms with Gasteiger partial charge in [-0.1, -0.05) is 0 Å². The van der Waals surface area contributed by atoms with Crippen molar-refractivity contribution in [2.45, 2.75) is 0 Å². The van der Waals surface area contributed by atoms with Crippen LogP contribution in [0.1, 0.15) is 1.43 Å². The molecule has 0 aliphatic carbocycles. The van der Waals surface area contributed by atoms with Gasteiger partial charge in [0, 0.05) is 0 Å². The Hall–Kier alpha value is 0.577. The second kappa shape index (κ2) is 5.58. The van der Waals surface area contributed by atoms with E-state index in [9.17, 15) is 0 Å². The van der Waals surface area contributed by atoms with Gasteiger partial charge in [-0.05, 0) is 0 Å². The third-order valence-corrected chi connectivity index (χ3v) is 0.234. The maximum Gasteiger partial charge on any atom is 1.00 e. The minimum atomic E-state index is -3.07. The molecule has 2 N–H and O–H groups in total. The first-order valence-corrected chi connectivity index (χ1v) is 2.08. The third kappa shape index (κ3) is 8.82. The maximum atomic E-state index is 9.08. The van der Waals surface area contributed by atoms with Crippen LogP contribution in [-0.4, -0.2) is 19.2 Å². The molecule has 32 valence electrons. The van der Waals surface area contributed by atoms with Gasteiger partial charge in [0.1, 0.15) is 0 Å². The van der Waals surface area contributed by atoms with Gasteiger partial charge in [-0.2, -0.15) is 0 Å². The van der Waals surface area contributed by atoms with Crippen molar-refractivity contribution in [1.82, 2.24) is 0 Å². The molecule has 0 aromatic rings. The Bertz CT molecular complexity index is 47.0. The van der Waals surface area contributed by atoms with E-state index in [2.05, 4.69) is 4.58 Å². The van der Waals surface area contributed by atoms with E-state index in [-0.39, 0.29) is 31.0 Å². The van der Waals surface area contributed by atoms with Crippen LogP contribution in [-0.2, 0) is 9.04 Å². The first-order valence-electron chi connectivity index (χ1n) is 0.814. The van der Waals surface area contributed by atoms with Gasteiger partial charge in [0.15, 0.2) is 0 Å². The normalized spacial score (nSPS) is 5.50. The van der Waals surface area contributed by atoms with Crippen molar-refractivity contribution >= 4 is 9.17 Å². The first kappa shape index (κ1) is 9.76. The van der Waals surface area contributed by atoms with Gasteiger partial charge >= 0.3 is 38.7 Å². The van der Waals surface area contributed by atoms with Crippen LogP contribution in [0.2, 0.25) is 0 Å². The van der Waals surface area contributed by atoms with Crippen LogP contribution in [0.5, 0.6) is 0 Å². The van der Waals surface area contributed by atoms with E-state index in [0.717, 1.165) is 0 Å². The summed E-state index contributed by atoms with van der Waals surface area (Å²) in [6.45, 7) is 0. The summed E-state index contributed by atoms with van der Waals surface area (Å²) >= 11 is 0. The summed E-state index contributed by atoms with van der Waals surface area (Å²) < 4.78 is 11.9. The van der Waals surface area contributed by atoms with E-state index in [0.29, 0.717) is 0 Å². The van der Waals surface area contributed by atoms with Gasteiger partial charge in [-0.3, -0.25) is 4.46 Å². The van der Waals surface area contributed by atoms with Crippen LogP contribution >= 0.6 is 0 Å². The molecule has 0 aliphatic heterocycles. The molecule has 0 aromatic heterocycles. The summed E-state index contributed by atoms with van der Waals surface area (Å²) in [6.07, 6.45) is 0. The second-order valence-electron chi connectivity index (χ2n) is 0.357. The number of rotatable bonds is 1. The Balaban J connectivity index is -0.0000000800. The van der Waals surface area contributed by atoms with Crippen LogP contribution in [0, 0.1) is 0 Å². The summed E-state index contributed by atoms with van der Waals surface area (Å²) in [4.78, 5) is 7.44. The molecule has 0 rings (SSSR count). The largest absolute Gasteiger partial charge is 1.00 e. The summed E-state index contributed by atoms with van der Waals surface area (Å²) in [5.41, 5.74) is 0. The average molecular weight is 118 g/mol. The molecule has 0 radical (unpaired) electrons. The maximum absolute atomic E-state index is 9.08. The monoisotopic (exact) mass is 118 g/mol. The fraction of sp³-hybridized carbons (Fsp3) is 0. The summed E-state index contributed by atoms with van der Waals surface area (Å²) in [5.74, 6) is 0. The Labute approximate surface area is 59.4 Å². The molecule has 4 nitrogen and oxygen atoms in total. The minimum absolute atomic E-state index is 0. The van der Waals surface area contributed by atoms with E-state index in [4.69, 9.17) is 14.5 Å². The minimum Gasteiger partial charge on any atom is -1.00 e. The zero-order valence-electron chi connectivity index (χ0n) is 4.21. The van der Waals surface area contributed by atoms with Crippen molar-refractivity contribution in [2.24, 2.45) is 0 Å². The van der Waals surface area contributed by atoms with Crippen molar-refractivity contribution in [3.05, 3.63) is 0 Å². The Morgan fingerprint density at radius 2 is 2.00 bits per heavy atom. The molecule has 0 saturated heterocycles. The fourth-order valence-electron chi connectivity index (χ4n) is 0. The first-order chi connectivity index (χ1) is 2.27. The predicted molar refractivity (Wildman–Crippen MR) is 13.5 cm³/mol. The van der Waals surface area contributed by atoms with Crippen molar-refractivity contribution in [3.63, 3.8) is 0 Å². The molecular formula is H3NaO4Si. The van der Waals surface area contributed by atoms with Crippen LogP contribution < -0.4 is 29.6 Å². The molecule has 0 aromatic carbocycles. The summed E-state index contributed by atoms with van der Waals surface area (Å²) in [5, 5.41) is 7.13. The quantitative estimate of drug-likeness (QED) is 0.209. The van der Waals surface area contributed by atoms with E-state index < -0.39 is 9.17 Å². The Morgan fingerprint density at radius 1 is 1.83 bits per heavy atom. The molecular weight excluding hydrogens is 115 g/mol. The van der Waals surface area contributed by atoms with Gasteiger partial charge in [-0.25, -0.2) is 5.26 Å². The zero-order chi connectivity index (χ0) is 4.28. The predicted octanol–water partition coefficient (Wildman–Crippen LogP) is -4.00. The Kier molecular flexibility index (Phi) is 9.08. The van der Waals surface area contributed by atoms with Crippen LogP contribution in [0.4, 0.5) is 0 Å². The molecule has 6 heavy (non-hydrogen) atoms. The smallest absolute Gasteiger partial charge is 1.00 e. The molecule has 0 bridgehead atoms. The van der Waals surface area contributed by atoms with E-state index in [1.54, 1.807) is 0 Å². The fourth-order valence-corrected chi connectivity index (χ4v) is 0. The van der Waals surface area contributed by atoms with Gasteiger partial charge < -0.3 is 10.8 Å². The van der Waals surface area contributed by atoms with Crippen LogP contribution in [0.25, 0.3) is 0 Å². The molecule has 0 amide bonds. The second-order valence-corrected chi connectivity index (χ2v) is 1.07. The third-order valence-electron chi connectivity index (χ3n) is 0.0781. The van der Waals surface area contributed by atoms with Crippen LogP contribution in [0.3, 0.4) is 0 Å². The van der Waals surface area contributed by atoms with E-state index >= 15 is 0 Å². The van der Waals surface area contributed by atoms with Gasteiger partial charge in [0.25, 0.3) is 0 Å². The molecule has 0 heterocycles. The molecule has 0 atom stereocenters. The number of hydrogen-bond acceptors (Lipinski definition) is 3. The molecule has 0 spiro atoms. The number of hydrogen-bond donors (Lipinski definition) is 2. The molecule has 0 fully saturated rings. The SMILES string of the molecule is O=[Si](O)OO.[H-].[Na+]. The zero-order valence-corrected chi connectivity index (χ0v) is 6.21. The summed E-state index contributed by atoms with van der Waals surface area (Å²) in [7, 11) is -3.07. The van der Waals surface area contributed by atoms with Crippen molar-refractivity contribution < 1.29 is 50.1 Å². The van der Waals surface area contributed by atoms with E-state index in [1.807, 2.05) is 0 Å². The molecule has 0 saturated carbocycles. The van der Waals surface area contributed by atoms with Gasteiger partial charge in [0.05, 0.1) is 0 Å². The van der Waals surface area contributed by atoms with Crippen molar-refractivity contribution in [1.29, 1.82) is 0 Å². The van der Waals surface area contributed by atoms with Crippen molar-refractivity contribution in [3.8, 4) is 0 Å². The molecule has 6 heteroatoms. The molecule has 0 aliphatic rings.